The predicted molar refractivity (Wildman–Crippen MR) is 78.6 cm³/mol. The molecule has 9 heteroatoms. The number of carboxylic acid groups (broad SMARTS) is 1. The fourth-order valence-corrected chi connectivity index (χ4v) is 2.79. The third-order valence-corrected chi connectivity index (χ3v) is 4.07. The van der Waals surface area contributed by atoms with Crippen molar-refractivity contribution < 1.29 is 24.9 Å². The van der Waals surface area contributed by atoms with Crippen LogP contribution in [0.4, 0.5) is 0 Å². The van der Waals surface area contributed by atoms with Crippen LogP contribution in [0, 0.1) is 0 Å². The molecule has 0 unspecified atom stereocenters. The minimum absolute atomic E-state index is 0.0808. The van der Waals surface area contributed by atoms with Crippen LogP contribution in [0.15, 0.2) is 28.4 Å². The van der Waals surface area contributed by atoms with Crippen molar-refractivity contribution in [2.45, 2.75) is 11.7 Å². The monoisotopic (exact) mass is 322 g/mol. The van der Waals surface area contributed by atoms with Gasteiger partial charge in [-0.3, -0.25) is 9.69 Å². The van der Waals surface area contributed by atoms with Crippen LogP contribution >= 0.6 is 11.8 Å². The van der Waals surface area contributed by atoms with Gasteiger partial charge in [-0.1, -0.05) is 11.8 Å². The summed E-state index contributed by atoms with van der Waals surface area (Å²) in [5.74, 6) is -1.93. The van der Waals surface area contributed by atoms with Gasteiger partial charge in [-0.25, -0.2) is 0 Å². The lowest BCUT2D eigenvalue weighted by atomic mass is 10.2. The van der Waals surface area contributed by atoms with Crippen molar-refractivity contribution in [1.82, 2.24) is 4.90 Å². The minimum Gasteiger partial charge on any atom is -0.550 e. The summed E-state index contributed by atoms with van der Waals surface area (Å²) in [4.78, 5) is 23.6. The van der Waals surface area contributed by atoms with Gasteiger partial charge >= 0.3 is 0 Å². The standard InChI is InChI=1S/C13H13N3O5S/c1-16-12(21)10(5-11(19)20)22-13(16)15-14-6-7-2-3-8(17)4-9(7)18/h2-4,6,10,17-18H,5H2,1H3,(H,19,20)/p-1/b14-6+,15-13+/t10-/m0/s1. The SMILES string of the molecule is CN1C(=O)[C@H](CC(=O)[O-])S/C1=N/N=C/c1ccc(O)cc1O. The summed E-state index contributed by atoms with van der Waals surface area (Å²) in [6.07, 6.45) is 0.863. The summed E-state index contributed by atoms with van der Waals surface area (Å²) < 4.78 is 0. The van der Waals surface area contributed by atoms with E-state index in [1.807, 2.05) is 0 Å². The van der Waals surface area contributed by atoms with Gasteiger partial charge in [0.05, 0.1) is 11.5 Å². The fourth-order valence-electron chi connectivity index (χ4n) is 1.72. The number of aliphatic carboxylic acids is 1. The molecule has 1 aliphatic rings. The molecule has 116 valence electrons. The van der Waals surface area contributed by atoms with Crippen molar-refractivity contribution >= 4 is 35.0 Å². The number of carboxylic acids is 1. The topological polar surface area (TPSA) is 126 Å². The first-order valence-electron chi connectivity index (χ1n) is 6.15. The van der Waals surface area contributed by atoms with Gasteiger partial charge in [0.25, 0.3) is 0 Å². The van der Waals surface area contributed by atoms with Gasteiger partial charge in [-0.15, -0.1) is 5.10 Å². The summed E-state index contributed by atoms with van der Waals surface area (Å²) in [7, 11) is 1.47. The molecule has 1 amide bonds. The van der Waals surface area contributed by atoms with E-state index >= 15 is 0 Å². The Kier molecular flexibility index (Phi) is 4.66. The highest BCUT2D eigenvalue weighted by Crippen LogP contribution is 2.28. The summed E-state index contributed by atoms with van der Waals surface area (Å²) in [5.41, 5.74) is 0.338. The maximum atomic E-state index is 11.8. The number of amidine groups is 1. The molecule has 1 heterocycles. The fraction of sp³-hybridized carbons (Fsp3) is 0.231. The molecular weight excluding hydrogens is 310 g/mol. The quantitative estimate of drug-likeness (QED) is 0.568. The molecule has 8 nitrogen and oxygen atoms in total. The van der Waals surface area contributed by atoms with Crippen LogP contribution in [0.3, 0.4) is 0 Å². The first-order chi connectivity index (χ1) is 10.4. The Morgan fingerprint density at radius 3 is 2.86 bits per heavy atom. The normalized spacial score (nSPS) is 20.2. The molecule has 1 aromatic rings. The van der Waals surface area contributed by atoms with Crippen LogP contribution in [0.5, 0.6) is 11.5 Å². The summed E-state index contributed by atoms with van der Waals surface area (Å²) in [6, 6.07) is 3.98. The van der Waals surface area contributed by atoms with Gasteiger partial charge < -0.3 is 20.1 Å². The van der Waals surface area contributed by atoms with Crippen LogP contribution < -0.4 is 5.11 Å². The lowest BCUT2D eigenvalue weighted by Crippen LogP contribution is -2.32. The minimum atomic E-state index is -1.31. The van der Waals surface area contributed by atoms with E-state index in [9.17, 15) is 19.8 Å². The zero-order valence-corrected chi connectivity index (χ0v) is 12.3. The van der Waals surface area contributed by atoms with E-state index in [4.69, 9.17) is 5.11 Å². The second kappa shape index (κ2) is 6.48. The largest absolute Gasteiger partial charge is 0.550 e. The van der Waals surface area contributed by atoms with Crippen LogP contribution in [0.2, 0.25) is 0 Å². The number of thioether (sulfide) groups is 1. The van der Waals surface area contributed by atoms with Crippen LogP contribution in [0.25, 0.3) is 0 Å². The molecule has 2 rings (SSSR count). The number of amides is 1. The Balaban J connectivity index is 2.11. The summed E-state index contributed by atoms with van der Waals surface area (Å²) in [5, 5.41) is 36.4. The zero-order chi connectivity index (χ0) is 16.3. The average Bonchev–Trinajstić information content (AvgIpc) is 2.69. The van der Waals surface area contributed by atoms with Gasteiger partial charge in [0, 0.05) is 31.1 Å². The van der Waals surface area contributed by atoms with E-state index in [2.05, 4.69) is 10.2 Å². The van der Waals surface area contributed by atoms with Crippen molar-refractivity contribution in [3.05, 3.63) is 23.8 Å². The van der Waals surface area contributed by atoms with Gasteiger partial charge in [0.1, 0.15) is 11.5 Å². The molecule has 0 aromatic heterocycles. The Labute approximate surface area is 129 Å². The summed E-state index contributed by atoms with van der Waals surface area (Å²) >= 11 is 0.986. The molecule has 1 saturated heterocycles. The Morgan fingerprint density at radius 2 is 2.23 bits per heavy atom. The van der Waals surface area contributed by atoms with Crippen LogP contribution in [-0.2, 0) is 9.59 Å². The number of carbonyl (C=O) groups is 2. The van der Waals surface area contributed by atoms with Crippen molar-refractivity contribution in [1.29, 1.82) is 0 Å². The molecule has 0 aliphatic carbocycles. The number of hydrogen-bond acceptors (Lipinski definition) is 8. The molecule has 0 radical (unpaired) electrons. The smallest absolute Gasteiger partial charge is 0.242 e. The highest BCUT2D eigenvalue weighted by Gasteiger charge is 2.35. The van der Waals surface area contributed by atoms with Gasteiger partial charge in [0.15, 0.2) is 5.17 Å². The maximum absolute atomic E-state index is 11.8. The van der Waals surface area contributed by atoms with Gasteiger partial charge in [0.2, 0.25) is 5.91 Å². The Morgan fingerprint density at radius 1 is 1.50 bits per heavy atom. The molecule has 0 bridgehead atoms. The first kappa shape index (κ1) is 15.8. The molecule has 1 aliphatic heterocycles. The average molecular weight is 322 g/mol. The number of carbonyl (C=O) groups excluding carboxylic acids is 2. The number of phenols is 2. The molecule has 1 aromatic carbocycles. The van der Waals surface area contributed by atoms with E-state index in [-0.39, 0.29) is 22.6 Å². The number of benzene rings is 1. The van der Waals surface area contributed by atoms with Crippen molar-refractivity contribution in [2.75, 3.05) is 7.05 Å². The third kappa shape index (κ3) is 3.55. The van der Waals surface area contributed by atoms with Crippen LogP contribution in [0.1, 0.15) is 12.0 Å². The lowest BCUT2D eigenvalue weighted by molar-refractivity contribution is -0.305. The second-order valence-electron chi connectivity index (χ2n) is 4.45. The summed E-state index contributed by atoms with van der Waals surface area (Å²) in [6.45, 7) is 0. The molecule has 1 fully saturated rings. The van der Waals surface area contributed by atoms with Crippen LogP contribution in [-0.4, -0.2) is 50.7 Å². The third-order valence-electron chi connectivity index (χ3n) is 2.85. The first-order valence-corrected chi connectivity index (χ1v) is 7.03. The molecule has 0 spiro atoms. The number of phenolic OH excluding ortho intramolecular Hbond substituents is 2. The maximum Gasteiger partial charge on any atom is 0.242 e. The highest BCUT2D eigenvalue weighted by atomic mass is 32.2. The lowest BCUT2D eigenvalue weighted by Gasteiger charge is -2.08. The zero-order valence-electron chi connectivity index (χ0n) is 11.5. The number of rotatable bonds is 4. The van der Waals surface area contributed by atoms with E-state index in [1.165, 1.54) is 30.3 Å². The van der Waals surface area contributed by atoms with E-state index < -0.39 is 17.6 Å². The highest BCUT2D eigenvalue weighted by molar-refractivity contribution is 8.15. The second-order valence-corrected chi connectivity index (χ2v) is 5.62. The van der Waals surface area contributed by atoms with Gasteiger partial charge in [-0.05, 0) is 12.1 Å². The molecule has 2 N–H and O–H groups in total. The molecule has 0 saturated carbocycles. The number of nitrogens with zero attached hydrogens (tertiary/aromatic N) is 3. The molecule has 1 atom stereocenters. The molecular formula is C13H12N3O5S-. The van der Waals surface area contributed by atoms with Gasteiger partial charge in [-0.2, -0.15) is 5.10 Å². The van der Waals surface area contributed by atoms with Crippen molar-refractivity contribution in [3.63, 3.8) is 0 Å². The molecule has 22 heavy (non-hydrogen) atoms. The predicted octanol–water partition coefficient (Wildman–Crippen LogP) is -0.498. The van der Waals surface area contributed by atoms with E-state index in [0.717, 1.165) is 17.8 Å². The number of hydrogen-bond donors (Lipinski definition) is 2. The van der Waals surface area contributed by atoms with Crippen molar-refractivity contribution in [2.24, 2.45) is 10.2 Å². The Hall–Kier alpha value is -2.55. The van der Waals surface area contributed by atoms with Crippen molar-refractivity contribution in [3.8, 4) is 11.5 Å². The van der Waals surface area contributed by atoms with E-state index in [0.29, 0.717) is 5.56 Å². The number of aromatic hydroxyl groups is 2. The Bertz CT molecular complexity index is 674. The van der Waals surface area contributed by atoms with E-state index in [1.54, 1.807) is 0 Å².